The van der Waals surface area contributed by atoms with Gasteiger partial charge in [0.2, 0.25) is 11.8 Å². The number of carbonyl (C=O) groups excluding carboxylic acids is 2. The van der Waals surface area contributed by atoms with E-state index in [2.05, 4.69) is 20.5 Å². The first-order valence-corrected chi connectivity index (χ1v) is 10.5. The topological polar surface area (TPSA) is 90.5 Å². The van der Waals surface area contributed by atoms with Gasteiger partial charge in [-0.1, -0.05) is 18.5 Å². The van der Waals surface area contributed by atoms with Crippen LogP contribution in [0.1, 0.15) is 20.3 Å². The van der Waals surface area contributed by atoms with Crippen LogP contribution in [-0.4, -0.2) is 66.0 Å². The molecule has 1 aromatic carbocycles. The molecule has 2 N–H and O–H groups in total. The second-order valence-corrected chi connectivity index (χ2v) is 7.51. The summed E-state index contributed by atoms with van der Waals surface area (Å²) in [6.07, 6.45) is 0.524. The molecule has 0 saturated carbocycles. The summed E-state index contributed by atoms with van der Waals surface area (Å²) in [5.74, 6) is 2.20. The Morgan fingerprint density at radius 3 is 2.40 bits per heavy atom. The Hall–Kier alpha value is -2.87. The lowest BCUT2D eigenvalue weighted by atomic mass is 10.2. The largest absolute Gasteiger partial charge is 0.368 e. The average Bonchev–Trinajstić information content (AvgIpc) is 2.76. The van der Waals surface area contributed by atoms with Crippen LogP contribution in [0, 0.1) is 0 Å². The third-order valence-corrected chi connectivity index (χ3v) is 5.13. The lowest BCUT2D eigenvalue weighted by Gasteiger charge is -2.35. The third-order valence-electron chi connectivity index (χ3n) is 4.88. The molecule has 3 rings (SSSR count). The van der Waals surface area contributed by atoms with Crippen molar-refractivity contribution in [1.29, 1.82) is 0 Å². The molecule has 1 aliphatic heterocycles. The van der Waals surface area contributed by atoms with E-state index in [-0.39, 0.29) is 11.8 Å². The molecule has 0 unspecified atom stereocenters. The van der Waals surface area contributed by atoms with Gasteiger partial charge in [-0.25, -0.2) is 9.97 Å². The van der Waals surface area contributed by atoms with Gasteiger partial charge >= 0.3 is 0 Å². The summed E-state index contributed by atoms with van der Waals surface area (Å²) in [6, 6.07) is 9.31. The zero-order chi connectivity index (χ0) is 21.5. The van der Waals surface area contributed by atoms with Gasteiger partial charge in [-0.3, -0.25) is 9.59 Å². The van der Waals surface area contributed by atoms with Crippen LogP contribution >= 0.6 is 11.6 Å². The maximum Gasteiger partial charge on any atom is 0.222 e. The second kappa shape index (κ2) is 10.2. The quantitative estimate of drug-likeness (QED) is 0.655. The van der Waals surface area contributed by atoms with Crippen LogP contribution in [0.4, 0.5) is 11.6 Å². The van der Waals surface area contributed by atoms with Crippen molar-refractivity contribution < 1.29 is 9.59 Å². The molecule has 1 saturated heterocycles. The predicted octanol–water partition coefficient (Wildman–Crippen LogP) is 2.40. The number of piperazine rings is 1. The summed E-state index contributed by atoms with van der Waals surface area (Å²) in [5.41, 5.74) is 0.867. The lowest BCUT2D eigenvalue weighted by molar-refractivity contribution is -0.131. The molecule has 2 amide bonds. The Balaban J connectivity index is 1.79. The van der Waals surface area contributed by atoms with Gasteiger partial charge in [0.25, 0.3) is 0 Å². The van der Waals surface area contributed by atoms with Crippen LogP contribution in [0.15, 0.2) is 30.3 Å². The summed E-state index contributed by atoms with van der Waals surface area (Å²) < 4.78 is 0. The molecule has 30 heavy (non-hydrogen) atoms. The van der Waals surface area contributed by atoms with Gasteiger partial charge in [0.05, 0.1) is 0 Å². The van der Waals surface area contributed by atoms with Crippen molar-refractivity contribution in [2.75, 3.05) is 49.5 Å². The van der Waals surface area contributed by atoms with E-state index >= 15 is 0 Å². The highest BCUT2D eigenvalue weighted by molar-refractivity contribution is 6.30. The number of nitrogens with zero attached hydrogens (tertiary/aromatic N) is 4. The van der Waals surface area contributed by atoms with Crippen molar-refractivity contribution in [1.82, 2.24) is 20.2 Å². The number of hydrogen-bond donors (Lipinski definition) is 2. The normalized spacial score (nSPS) is 13.8. The molecule has 160 valence electrons. The molecule has 2 aromatic rings. The Labute approximate surface area is 181 Å². The van der Waals surface area contributed by atoms with Crippen LogP contribution < -0.4 is 15.5 Å². The molecule has 0 aliphatic carbocycles. The molecular weight excluding hydrogens is 404 g/mol. The number of benzene rings is 1. The SMILES string of the molecule is CCC(=O)N1CCN(c2cc(NCCNC(C)=O)nc(-c3ccc(Cl)cc3)n2)CC1. The zero-order valence-corrected chi connectivity index (χ0v) is 18.1. The number of carbonyl (C=O) groups is 2. The minimum atomic E-state index is -0.0680. The van der Waals surface area contributed by atoms with E-state index in [1.165, 1.54) is 6.92 Å². The molecule has 0 radical (unpaired) electrons. The molecule has 9 heteroatoms. The Morgan fingerprint density at radius 2 is 1.77 bits per heavy atom. The van der Waals surface area contributed by atoms with Crippen LogP contribution in [0.5, 0.6) is 0 Å². The Kier molecular flexibility index (Phi) is 7.46. The maximum atomic E-state index is 12.0. The van der Waals surface area contributed by atoms with Gasteiger partial charge in [-0.15, -0.1) is 0 Å². The summed E-state index contributed by atoms with van der Waals surface area (Å²) in [7, 11) is 0. The zero-order valence-electron chi connectivity index (χ0n) is 17.3. The standard InChI is InChI=1S/C21H27ClN6O2/c1-3-20(30)28-12-10-27(11-13-28)19-14-18(24-9-8-23-15(2)29)25-21(26-19)16-4-6-17(22)7-5-16/h4-7,14H,3,8-13H2,1-2H3,(H,23,29)(H,24,25,26). The fourth-order valence-electron chi connectivity index (χ4n) is 3.25. The van der Waals surface area contributed by atoms with E-state index < -0.39 is 0 Å². The fourth-order valence-corrected chi connectivity index (χ4v) is 3.38. The Morgan fingerprint density at radius 1 is 1.07 bits per heavy atom. The van der Waals surface area contributed by atoms with E-state index in [9.17, 15) is 9.59 Å². The number of aromatic nitrogens is 2. The number of nitrogens with one attached hydrogen (secondary N) is 2. The highest BCUT2D eigenvalue weighted by atomic mass is 35.5. The van der Waals surface area contributed by atoms with Crippen LogP contribution in [0.3, 0.4) is 0 Å². The Bertz CT molecular complexity index is 882. The maximum absolute atomic E-state index is 12.0. The predicted molar refractivity (Wildman–Crippen MR) is 119 cm³/mol. The second-order valence-electron chi connectivity index (χ2n) is 7.07. The van der Waals surface area contributed by atoms with E-state index in [4.69, 9.17) is 16.6 Å². The van der Waals surface area contributed by atoms with Gasteiger partial charge in [-0.2, -0.15) is 0 Å². The average molecular weight is 431 g/mol. The first-order chi connectivity index (χ1) is 14.5. The van der Waals surface area contributed by atoms with E-state index in [1.54, 1.807) is 0 Å². The highest BCUT2D eigenvalue weighted by Crippen LogP contribution is 2.24. The van der Waals surface area contributed by atoms with E-state index in [0.717, 1.165) is 11.4 Å². The lowest BCUT2D eigenvalue weighted by Crippen LogP contribution is -2.48. The van der Waals surface area contributed by atoms with Crippen molar-refractivity contribution in [3.8, 4) is 11.4 Å². The molecule has 2 heterocycles. The first kappa shape index (κ1) is 21.8. The van der Waals surface area contributed by atoms with E-state index in [0.29, 0.717) is 62.4 Å². The number of hydrogen-bond acceptors (Lipinski definition) is 6. The monoisotopic (exact) mass is 430 g/mol. The van der Waals surface area contributed by atoms with Crippen LogP contribution in [0.25, 0.3) is 11.4 Å². The van der Waals surface area contributed by atoms with Crippen molar-refractivity contribution in [2.24, 2.45) is 0 Å². The summed E-state index contributed by atoms with van der Waals surface area (Å²) in [5, 5.41) is 6.67. The number of amides is 2. The van der Waals surface area contributed by atoms with Gasteiger partial charge in [0.1, 0.15) is 11.6 Å². The van der Waals surface area contributed by atoms with Crippen LogP contribution in [-0.2, 0) is 9.59 Å². The molecule has 0 bridgehead atoms. The molecular formula is C21H27ClN6O2. The van der Waals surface area contributed by atoms with Crippen LogP contribution in [0.2, 0.25) is 5.02 Å². The summed E-state index contributed by atoms with van der Waals surface area (Å²) in [4.78, 5) is 36.5. The number of anilines is 2. The smallest absolute Gasteiger partial charge is 0.222 e. The molecule has 8 nitrogen and oxygen atoms in total. The van der Waals surface area contributed by atoms with Crippen molar-refractivity contribution in [2.45, 2.75) is 20.3 Å². The minimum Gasteiger partial charge on any atom is -0.368 e. The van der Waals surface area contributed by atoms with Gasteiger partial charge < -0.3 is 20.4 Å². The van der Waals surface area contributed by atoms with Crippen molar-refractivity contribution >= 4 is 35.1 Å². The third kappa shape index (κ3) is 5.82. The number of rotatable bonds is 7. The van der Waals surface area contributed by atoms with Gasteiger partial charge in [-0.05, 0) is 24.3 Å². The van der Waals surface area contributed by atoms with Gasteiger partial charge in [0, 0.05) is 69.3 Å². The van der Waals surface area contributed by atoms with Crippen molar-refractivity contribution in [3.63, 3.8) is 0 Å². The first-order valence-electron chi connectivity index (χ1n) is 10.1. The van der Waals surface area contributed by atoms with Crippen molar-refractivity contribution in [3.05, 3.63) is 35.4 Å². The summed E-state index contributed by atoms with van der Waals surface area (Å²) >= 11 is 6.02. The molecule has 1 fully saturated rings. The molecule has 1 aromatic heterocycles. The summed E-state index contributed by atoms with van der Waals surface area (Å²) in [6.45, 7) is 7.22. The molecule has 0 atom stereocenters. The minimum absolute atomic E-state index is 0.0680. The highest BCUT2D eigenvalue weighted by Gasteiger charge is 2.22. The van der Waals surface area contributed by atoms with E-state index in [1.807, 2.05) is 42.2 Å². The molecule has 1 aliphatic rings. The van der Waals surface area contributed by atoms with Gasteiger partial charge in [0.15, 0.2) is 5.82 Å². The fraction of sp³-hybridized carbons (Fsp3) is 0.429. The molecule has 0 spiro atoms. The number of halogens is 1.